The maximum Gasteiger partial charge on any atom is 0.123 e. The lowest BCUT2D eigenvalue weighted by molar-refractivity contribution is 0.415. The van der Waals surface area contributed by atoms with Crippen LogP contribution in [0.15, 0.2) is 18.3 Å². The summed E-state index contributed by atoms with van der Waals surface area (Å²) in [6.07, 6.45) is 6.57. The summed E-state index contributed by atoms with van der Waals surface area (Å²) in [7, 11) is 0. The van der Waals surface area contributed by atoms with Crippen molar-refractivity contribution in [2.45, 2.75) is 38.6 Å². The largest absolute Gasteiger partial charge is 0.384 e. The predicted octanol–water partition coefficient (Wildman–Crippen LogP) is 1.97. The highest BCUT2D eigenvalue weighted by atomic mass is 14.8. The van der Waals surface area contributed by atoms with Crippen LogP contribution in [0.1, 0.15) is 31.7 Å². The number of hydrogen-bond donors (Lipinski definition) is 2. The second kappa shape index (κ2) is 4.83. The first-order chi connectivity index (χ1) is 7.65. The zero-order chi connectivity index (χ0) is 11.5. The summed E-state index contributed by atoms with van der Waals surface area (Å²) < 4.78 is 0. The molecule has 0 aliphatic heterocycles. The SMILES string of the molecule is CC1CCC(C(N)Cc2ccnc(N)c2)C1. The van der Waals surface area contributed by atoms with Crippen molar-refractivity contribution in [1.29, 1.82) is 0 Å². The van der Waals surface area contributed by atoms with E-state index in [4.69, 9.17) is 11.5 Å². The topological polar surface area (TPSA) is 64.9 Å². The number of pyridine rings is 1. The minimum Gasteiger partial charge on any atom is -0.384 e. The molecule has 0 radical (unpaired) electrons. The van der Waals surface area contributed by atoms with Crippen molar-refractivity contribution >= 4 is 5.82 Å². The fourth-order valence-electron chi connectivity index (χ4n) is 2.70. The zero-order valence-electron chi connectivity index (χ0n) is 9.89. The summed E-state index contributed by atoms with van der Waals surface area (Å²) >= 11 is 0. The quantitative estimate of drug-likeness (QED) is 0.817. The maximum absolute atomic E-state index is 6.26. The zero-order valence-corrected chi connectivity index (χ0v) is 9.89. The van der Waals surface area contributed by atoms with Gasteiger partial charge in [0.05, 0.1) is 0 Å². The van der Waals surface area contributed by atoms with Crippen molar-refractivity contribution in [3.05, 3.63) is 23.9 Å². The molecule has 3 heteroatoms. The molecule has 1 saturated carbocycles. The van der Waals surface area contributed by atoms with E-state index in [2.05, 4.69) is 11.9 Å². The van der Waals surface area contributed by atoms with Gasteiger partial charge in [-0.05, 0) is 48.8 Å². The summed E-state index contributed by atoms with van der Waals surface area (Å²) in [6, 6.07) is 4.21. The Morgan fingerprint density at radius 1 is 1.50 bits per heavy atom. The van der Waals surface area contributed by atoms with Gasteiger partial charge in [0, 0.05) is 12.2 Å². The fraction of sp³-hybridized carbons (Fsp3) is 0.615. The Bertz CT molecular complexity index is 351. The molecule has 16 heavy (non-hydrogen) atoms. The normalized spacial score (nSPS) is 26.9. The average Bonchev–Trinajstić information content (AvgIpc) is 2.65. The molecule has 3 atom stereocenters. The fourth-order valence-corrected chi connectivity index (χ4v) is 2.70. The standard InChI is InChI=1S/C13H21N3/c1-9-2-3-11(6-9)12(14)7-10-4-5-16-13(15)8-10/h4-5,8-9,11-12H,2-3,6-7,14H2,1H3,(H2,15,16). The molecule has 88 valence electrons. The third-order valence-corrected chi connectivity index (χ3v) is 3.66. The predicted molar refractivity (Wildman–Crippen MR) is 66.8 cm³/mol. The Morgan fingerprint density at radius 3 is 2.94 bits per heavy atom. The van der Waals surface area contributed by atoms with Crippen molar-refractivity contribution in [1.82, 2.24) is 4.98 Å². The van der Waals surface area contributed by atoms with Crippen LogP contribution in [0.5, 0.6) is 0 Å². The van der Waals surface area contributed by atoms with Crippen LogP contribution in [0.2, 0.25) is 0 Å². The van der Waals surface area contributed by atoms with Gasteiger partial charge in [-0.1, -0.05) is 13.3 Å². The Balaban J connectivity index is 1.94. The van der Waals surface area contributed by atoms with Crippen molar-refractivity contribution < 1.29 is 0 Å². The van der Waals surface area contributed by atoms with E-state index >= 15 is 0 Å². The minimum absolute atomic E-state index is 0.270. The van der Waals surface area contributed by atoms with Crippen molar-refractivity contribution in [3.8, 4) is 0 Å². The molecule has 3 nitrogen and oxygen atoms in total. The molecule has 1 aromatic heterocycles. The highest BCUT2D eigenvalue weighted by Crippen LogP contribution is 2.32. The van der Waals surface area contributed by atoms with E-state index in [1.807, 2.05) is 12.1 Å². The number of aromatic nitrogens is 1. The number of nitrogen functional groups attached to an aromatic ring is 1. The van der Waals surface area contributed by atoms with E-state index in [0.717, 1.165) is 12.3 Å². The number of hydrogen-bond acceptors (Lipinski definition) is 3. The molecule has 1 aromatic rings. The first kappa shape index (κ1) is 11.4. The number of nitrogens with two attached hydrogens (primary N) is 2. The van der Waals surface area contributed by atoms with Gasteiger partial charge in [0.15, 0.2) is 0 Å². The van der Waals surface area contributed by atoms with Gasteiger partial charge in [0.25, 0.3) is 0 Å². The van der Waals surface area contributed by atoms with Gasteiger partial charge in [-0.3, -0.25) is 0 Å². The second-order valence-corrected chi connectivity index (χ2v) is 5.14. The van der Waals surface area contributed by atoms with Gasteiger partial charge in [0.2, 0.25) is 0 Å². The third kappa shape index (κ3) is 2.73. The summed E-state index contributed by atoms with van der Waals surface area (Å²) in [5, 5.41) is 0. The van der Waals surface area contributed by atoms with E-state index in [1.165, 1.54) is 24.8 Å². The molecule has 1 aliphatic rings. The highest BCUT2D eigenvalue weighted by molar-refractivity contribution is 5.32. The molecule has 0 spiro atoms. The lowest BCUT2D eigenvalue weighted by Gasteiger charge is -2.19. The smallest absolute Gasteiger partial charge is 0.123 e. The molecule has 1 aliphatic carbocycles. The molecule has 1 fully saturated rings. The summed E-state index contributed by atoms with van der Waals surface area (Å²) in [6.45, 7) is 2.32. The first-order valence-corrected chi connectivity index (χ1v) is 6.11. The maximum atomic E-state index is 6.26. The van der Waals surface area contributed by atoms with E-state index in [1.54, 1.807) is 6.20 Å². The highest BCUT2D eigenvalue weighted by Gasteiger charge is 2.26. The third-order valence-electron chi connectivity index (χ3n) is 3.66. The van der Waals surface area contributed by atoms with Crippen molar-refractivity contribution in [2.75, 3.05) is 5.73 Å². The number of anilines is 1. The minimum atomic E-state index is 0.270. The Labute approximate surface area is 97.2 Å². The van der Waals surface area contributed by atoms with Gasteiger partial charge in [-0.15, -0.1) is 0 Å². The molecule has 4 N–H and O–H groups in total. The van der Waals surface area contributed by atoms with Crippen LogP contribution >= 0.6 is 0 Å². The average molecular weight is 219 g/mol. The van der Waals surface area contributed by atoms with Crippen molar-refractivity contribution in [3.63, 3.8) is 0 Å². The lowest BCUT2D eigenvalue weighted by atomic mass is 9.92. The molecular weight excluding hydrogens is 198 g/mol. The van der Waals surface area contributed by atoms with E-state index in [-0.39, 0.29) is 6.04 Å². The van der Waals surface area contributed by atoms with Gasteiger partial charge in [-0.25, -0.2) is 4.98 Å². The first-order valence-electron chi connectivity index (χ1n) is 6.11. The van der Waals surface area contributed by atoms with Crippen LogP contribution in [0.25, 0.3) is 0 Å². The Hall–Kier alpha value is -1.09. The Morgan fingerprint density at radius 2 is 2.31 bits per heavy atom. The van der Waals surface area contributed by atoms with Gasteiger partial charge in [-0.2, -0.15) is 0 Å². The molecule has 0 saturated heterocycles. The number of nitrogens with zero attached hydrogens (tertiary/aromatic N) is 1. The molecular formula is C13H21N3. The summed E-state index contributed by atoms with van der Waals surface area (Å²) in [4.78, 5) is 3.99. The van der Waals surface area contributed by atoms with Crippen molar-refractivity contribution in [2.24, 2.45) is 17.6 Å². The molecule has 2 rings (SSSR count). The van der Waals surface area contributed by atoms with E-state index in [0.29, 0.717) is 11.7 Å². The van der Waals surface area contributed by atoms with E-state index in [9.17, 15) is 0 Å². The summed E-state index contributed by atoms with van der Waals surface area (Å²) in [5.41, 5.74) is 13.1. The van der Waals surface area contributed by atoms with Gasteiger partial charge >= 0.3 is 0 Å². The van der Waals surface area contributed by atoms with E-state index < -0.39 is 0 Å². The van der Waals surface area contributed by atoms with Crippen LogP contribution in [-0.4, -0.2) is 11.0 Å². The van der Waals surface area contributed by atoms with Crippen LogP contribution in [-0.2, 0) is 6.42 Å². The number of rotatable bonds is 3. The molecule has 1 heterocycles. The van der Waals surface area contributed by atoms with Crippen LogP contribution in [0.3, 0.4) is 0 Å². The monoisotopic (exact) mass is 219 g/mol. The van der Waals surface area contributed by atoms with Crippen LogP contribution in [0, 0.1) is 11.8 Å². The lowest BCUT2D eigenvalue weighted by Crippen LogP contribution is -2.30. The molecule has 0 amide bonds. The second-order valence-electron chi connectivity index (χ2n) is 5.14. The molecule has 3 unspecified atom stereocenters. The summed E-state index contributed by atoms with van der Waals surface area (Å²) in [5.74, 6) is 2.12. The Kier molecular flexibility index (Phi) is 3.44. The van der Waals surface area contributed by atoms with Gasteiger partial charge in [0.1, 0.15) is 5.82 Å². The van der Waals surface area contributed by atoms with Gasteiger partial charge < -0.3 is 11.5 Å². The van der Waals surface area contributed by atoms with Crippen LogP contribution < -0.4 is 11.5 Å². The van der Waals surface area contributed by atoms with Crippen LogP contribution in [0.4, 0.5) is 5.82 Å². The molecule has 0 bridgehead atoms. The molecule has 0 aromatic carbocycles.